The zero-order valence-electron chi connectivity index (χ0n) is 11.8. The Morgan fingerprint density at radius 3 is 1.94 bits per heavy atom. The van der Waals surface area contributed by atoms with E-state index < -0.39 is 0 Å². The summed E-state index contributed by atoms with van der Waals surface area (Å²) in [4.78, 5) is 0. The second-order valence-corrected chi connectivity index (χ2v) is 6.88. The molecule has 1 nitrogen and oxygen atoms in total. The molecule has 1 saturated carbocycles. The van der Waals surface area contributed by atoms with Gasteiger partial charge in [-0.15, -0.1) is 0 Å². The van der Waals surface area contributed by atoms with E-state index in [9.17, 15) is 0 Å². The number of hydrogen-bond acceptors (Lipinski definition) is 1. The summed E-state index contributed by atoms with van der Waals surface area (Å²) in [5, 5.41) is 0. The molecule has 96 valence electrons. The summed E-state index contributed by atoms with van der Waals surface area (Å²) in [7, 11) is 0. The Morgan fingerprint density at radius 2 is 1.31 bits per heavy atom. The molecule has 2 atom stereocenters. The van der Waals surface area contributed by atoms with Crippen LogP contribution in [-0.4, -0.2) is 5.54 Å². The first-order chi connectivity index (χ1) is 7.36. The average Bonchev–Trinajstić information content (AvgIpc) is 2.16. The van der Waals surface area contributed by atoms with Crippen LogP contribution in [0.4, 0.5) is 0 Å². The van der Waals surface area contributed by atoms with Crippen molar-refractivity contribution in [1.29, 1.82) is 0 Å². The minimum absolute atomic E-state index is 0.0925. The van der Waals surface area contributed by atoms with Crippen LogP contribution in [0, 0.1) is 11.3 Å². The highest BCUT2D eigenvalue weighted by atomic mass is 14.7. The lowest BCUT2D eigenvalue weighted by Crippen LogP contribution is -2.37. The predicted octanol–water partition coefficient (Wildman–Crippen LogP) is 4.50. The predicted molar refractivity (Wildman–Crippen MR) is 72.5 cm³/mol. The second-order valence-electron chi connectivity index (χ2n) is 6.88. The molecule has 0 heterocycles. The summed E-state index contributed by atoms with van der Waals surface area (Å²) in [6.07, 6.45) is 10.6. The maximum Gasteiger partial charge on any atom is 0.0125 e. The fourth-order valence-corrected chi connectivity index (χ4v) is 2.96. The molecule has 0 aromatic rings. The topological polar surface area (TPSA) is 26.0 Å². The Balaban J connectivity index is 2.59. The average molecular weight is 225 g/mol. The van der Waals surface area contributed by atoms with Crippen molar-refractivity contribution in [3.63, 3.8) is 0 Å². The highest BCUT2D eigenvalue weighted by Gasteiger charge is 2.29. The van der Waals surface area contributed by atoms with Crippen LogP contribution < -0.4 is 5.73 Å². The van der Waals surface area contributed by atoms with Gasteiger partial charge in [-0.1, -0.05) is 46.5 Å². The molecule has 0 saturated heterocycles. The van der Waals surface area contributed by atoms with Crippen molar-refractivity contribution in [2.45, 2.75) is 84.6 Å². The van der Waals surface area contributed by atoms with Crippen LogP contribution in [0.1, 0.15) is 79.1 Å². The van der Waals surface area contributed by atoms with Crippen LogP contribution in [0.5, 0.6) is 0 Å². The van der Waals surface area contributed by atoms with Gasteiger partial charge in [0.05, 0.1) is 0 Å². The molecule has 0 spiro atoms. The van der Waals surface area contributed by atoms with Crippen molar-refractivity contribution in [2.75, 3.05) is 0 Å². The van der Waals surface area contributed by atoms with Crippen LogP contribution in [0.15, 0.2) is 0 Å². The Kier molecular flexibility index (Phi) is 4.85. The van der Waals surface area contributed by atoms with Gasteiger partial charge in [-0.05, 0) is 43.9 Å². The van der Waals surface area contributed by atoms with Crippen molar-refractivity contribution >= 4 is 0 Å². The van der Waals surface area contributed by atoms with E-state index in [0.29, 0.717) is 5.41 Å². The maximum absolute atomic E-state index is 6.33. The smallest absolute Gasteiger partial charge is 0.0125 e. The summed E-state index contributed by atoms with van der Waals surface area (Å²) in [5.74, 6) is 0.802. The van der Waals surface area contributed by atoms with Gasteiger partial charge in [-0.3, -0.25) is 0 Å². The van der Waals surface area contributed by atoms with Crippen molar-refractivity contribution in [2.24, 2.45) is 17.1 Å². The van der Waals surface area contributed by atoms with E-state index in [0.717, 1.165) is 5.92 Å². The van der Waals surface area contributed by atoms with Gasteiger partial charge >= 0.3 is 0 Å². The highest BCUT2D eigenvalue weighted by Crippen LogP contribution is 2.39. The molecule has 2 unspecified atom stereocenters. The van der Waals surface area contributed by atoms with Crippen LogP contribution in [0.25, 0.3) is 0 Å². The van der Waals surface area contributed by atoms with Gasteiger partial charge in [0.25, 0.3) is 0 Å². The van der Waals surface area contributed by atoms with E-state index in [1.54, 1.807) is 0 Å². The molecular formula is C15H31N. The molecule has 0 aromatic heterocycles. The first-order valence-electron chi connectivity index (χ1n) is 7.15. The third-order valence-corrected chi connectivity index (χ3v) is 4.89. The first kappa shape index (κ1) is 14.0. The summed E-state index contributed by atoms with van der Waals surface area (Å²) in [5.41, 5.74) is 6.97. The lowest BCUT2D eigenvalue weighted by atomic mass is 9.70. The zero-order chi connectivity index (χ0) is 12.2. The lowest BCUT2D eigenvalue weighted by molar-refractivity contribution is 0.157. The van der Waals surface area contributed by atoms with Crippen molar-refractivity contribution in [3.8, 4) is 0 Å². The lowest BCUT2D eigenvalue weighted by Gasteiger charge is -2.36. The number of hydrogen-bond donors (Lipinski definition) is 1. The van der Waals surface area contributed by atoms with Crippen LogP contribution in [0.2, 0.25) is 0 Å². The van der Waals surface area contributed by atoms with E-state index in [1.165, 1.54) is 51.4 Å². The van der Waals surface area contributed by atoms with Crippen LogP contribution in [-0.2, 0) is 0 Å². The minimum atomic E-state index is 0.0925. The Bertz CT molecular complexity index is 207. The van der Waals surface area contributed by atoms with Gasteiger partial charge in [-0.2, -0.15) is 0 Å². The SMILES string of the molecule is CC(C)C1(C)CCCCCC(C)(N)CCC1. The summed E-state index contributed by atoms with van der Waals surface area (Å²) in [6, 6.07) is 0. The molecule has 0 amide bonds. The Hall–Kier alpha value is -0.0400. The summed E-state index contributed by atoms with van der Waals surface area (Å²) >= 11 is 0. The third kappa shape index (κ3) is 4.08. The summed E-state index contributed by atoms with van der Waals surface area (Å²) in [6.45, 7) is 9.48. The van der Waals surface area contributed by atoms with Crippen molar-refractivity contribution in [1.82, 2.24) is 0 Å². The molecular weight excluding hydrogens is 194 g/mol. The highest BCUT2D eigenvalue weighted by molar-refractivity contribution is 4.84. The van der Waals surface area contributed by atoms with Gasteiger partial charge in [0, 0.05) is 5.54 Å². The molecule has 1 fully saturated rings. The second kappa shape index (κ2) is 5.53. The van der Waals surface area contributed by atoms with E-state index in [-0.39, 0.29) is 5.54 Å². The quantitative estimate of drug-likeness (QED) is 0.698. The Morgan fingerprint density at radius 1 is 0.812 bits per heavy atom. The van der Waals surface area contributed by atoms with Crippen LogP contribution >= 0.6 is 0 Å². The van der Waals surface area contributed by atoms with E-state index >= 15 is 0 Å². The van der Waals surface area contributed by atoms with Crippen LogP contribution in [0.3, 0.4) is 0 Å². The van der Waals surface area contributed by atoms with E-state index in [4.69, 9.17) is 5.73 Å². The fourth-order valence-electron chi connectivity index (χ4n) is 2.96. The van der Waals surface area contributed by atoms with Gasteiger partial charge < -0.3 is 5.73 Å². The molecule has 0 bridgehead atoms. The first-order valence-corrected chi connectivity index (χ1v) is 7.15. The molecule has 16 heavy (non-hydrogen) atoms. The molecule has 0 aromatic carbocycles. The normalized spacial score (nSPS) is 38.6. The molecule has 1 aliphatic rings. The largest absolute Gasteiger partial charge is 0.325 e. The molecule has 1 aliphatic carbocycles. The zero-order valence-corrected chi connectivity index (χ0v) is 11.8. The minimum Gasteiger partial charge on any atom is -0.325 e. The van der Waals surface area contributed by atoms with Gasteiger partial charge in [0.2, 0.25) is 0 Å². The maximum atomic E-state index is 6.33. The van der Waals surface area contributed by atoms with Gasteiger partial charge in [0.15, 0.2) is 0 Å². The third-order valence-electron chi connectivity index (χ3n) is 4.89. The number of rotatable bonds is 1. The monoisotopic (exact) mass is 225 g/mol. The number of nitrogens with two attached hydrogens (primary N) is 1. The van der Waals surface area contributed by atoms with E-state index in [1.807, 2.05) is 0 Å². The molecule has 1 heteroatoms. The summed E-state index contributed by atoms with van der Waals surface area (Å²) < 4.78 is 0. The molecule has 2 N–H and O–H groups in total. The fraction of sp³-hybridized carbons (Fsp3) is 1.00. The molecule has 0 radical (unpaired) electrons. The van der Waals surface area contributed by atoms with Crippen molar-refractivity contribution < 1.29 is 0 Å². The molecule has 0 aliphatic heterocycles. The standard InChI is InChI=1S/C15H31N/c1-13(2)14(3)9-6-5-7-11-15(4,16)12-8-10-14/h13H,5-12,16H2,1-4H3. The Labute approximate surface area is 102 Å². The van der Waals surface area contributed by atoms with Gasteiger partial charge in [0.1, 0.15) is 0 Å². The van der Waals surface area contributed by atoms with E-state index in [2.05, 4.69) is 27.7 Å². The van der Waals surface area contributed by atoms with Crippen molar-refractivity contribution in [3.05, 3.63) is 0 Å². The molecule has 1 rings (SSSR count). The van der Waals surface area contributed by atoms with Gasteiger partial charge in [-0.25, -0.2) is 0 Å².